The third-order valence-corrected chi connectivity index (χ3v) is 6.72. The molecule has 162 valence electrons. The van der Waals surface area contributed by atoms with Crippen molar-refractivity contribution in [2.75, 3.05) is 22.9 Å². The highest BCUT2D eigenvalue weighted by atomic mass is 35.5. The lowest BCUT2D eigenvalue weighted by atomic mass is 10.3. The first-order chi connectivity index (χ1) is 14.9. The van der Waals surface area contributed by atoms with Crippen molar-refractivity contribution in [2.24, 2.45) is 0 Å². The number of aromatic nitrogens is 1. The van der Waals surface area contributed by atoms with Crippen LogP contribution in [0.5, 0.6) is 5.75 Å². The summed E-state index contributed by atoms with van der Waals surface area (Å²) in [6.07, 6.45) is 3.44. The second kappa shape index (κ2) is 10.5. The quantitative estimate of drug-likeness (QED) is 0.473. The van der Waals surface area contributed by atoms with Gasteiger partial charge < -0.3 is 10.1 Å². The Morgan fingerprint density at radius 1 is 1.13 bits per heavy atom. The van der Waals surface area contributed by atoms with E-state index in [2.05, 4.69) is 15.0 Å². The number of benzene rings is 2. The smallest absolute Gasteiger partial charge is 0.265 e. The lowest BCUT2D eigenvalue weighted by molar-refractivity contribution is -0.113. The lowest BCUT2D eigenvalue weighted by Gasteiger charge is -2.14. The van der Waals surface area contributed by atoms with Gasteiger partial charge in [0, 0.05) is 34.5 Å². The summed E-state index contributed by atoms with van der Waals surface area (Å²) in [7, 11) is -2.58. The molecule has 0 aliphatic carbocycles. The largest absolute Gasteiger partial charge is 0.495 e. The highest BCUT2D eigenvalue weighted by molar-refractivity contribution is 7.99. The molecule has 2 N–H and O–H groups in total. The molecule has 0 saturated carbocycles. The second-order valence-electron chi connectivity index (χ2n) is 6.38. The molecule has 0 saturated heterocycles. The van der Waals surface area contributed by atoms with E-state index in [1.165, 1.54) is 31.0 Å². The number of thioether (sulfide) groups is 1. The van der Waals surface area contributed by atoms with E-state index in [1.54, 1.807) is 42.7 Å². The Morgan fingerprint density at radius 2 is 1.87 bits per heavy atom. The van der Waals surface area contributed by atoms with Gasteiger partial charge in [0.1, 0.15) is 10.6 Å². The van der Waals surface area contributed by atoms with Crippen LogP contribution < -0.4 is 14.8 Å². The predicted octanol–water partition coefficient (Wildman–Crippen LogP) is 4.42. The zero-order chi connectivity index (χ0) is 22.3. The molecular weight excluding hydrogens is 458 g/mol. The molecule has 0 bridgehead atoms. The van der Waals surface area contributed by atoms with Gasteiger partial charge in [-0.2, -0.15) is 0 Å². The van der Waals surface area contributed by atoms with Gasteiger partial charge in [0.25, 0.3) is 10.0 Å². The SMILES string of the molecule is COc1ccc(NC(=O)CSCc2cccnc2)cc1S(=O)(=O)Nc1ccc(Cl)cc1. The number of nitrogens with zero attached hydrogens (tertiary/aromatic N) is 1. The fourth-order valence-electron chi connectivity index (χ4n) is 2.63. The normalized spacial score (nSPS) is 11.0. The van der Waals surface area contributed by atoms with Gasteiger partial charge >= 0.3 is 0 Å². The summed E-state index contributed by atoms with van der Waals surface area (Å²) in [5.74, 6) is 0.777. The zero-order valence-electron chi connectivity index (χ0n) is 16.5. The highest BCUT2D eigenvalue weighted by Gasteiger charge is 2.21. The number of carbonyl (C=O) groups excluding carboxylic acids is 1. The minimum atomic E-state index is -3.96. The fraction of sp³-hybridized carbons (Fsp3) is 0.143. The van der Waals surface area contributed by atoms with Gasteiger partial charge in [-0.15, -0.1) is 11.8 Å². The van der Waals surface area contributed by atoms with Gasteiger partial charge in [-0.3, -0.25) is 14.5 Å². The first kappa shape index (κ1) is 22.9. The number of carbonyl (C=O) groups is 1. The first-order valence-electron chi connectivity index (χ1n) is 9.10. The summed E-state index contributed by atoms with van der Waals surface area (Å²) in [6.45, 7) is 0. The maximum Gasteiger partial charge on any atom is 0.265 e. The Hall–Kier alpha value is -2.75. The molecule has 1 heterocycles. The van der Waals surface area contributed by atoms with E-state index in [-0.39, 0.29) is 22.3 Å². The summed E-state index contributed by atoms with van der Waals surface area (Å²) in [5.41, 5.74) is 1.73. The molecule has 0 unspecified atom stereocenters. The van der Waals surface area contributed by atoms with E-state index in [4.69, 9.17) is 16.3 Å². The molecule has 1 amide bonds. The summed E-state index contributed by atoms with van der Waals surface area (Å²) < 4.78 is 33.5. The maximum atomic E-state index is 12.9. The summed E-state index contributed by atoms with van der Waals surface area (Å²) in [4.78, 5) is 16.2. The van der Waals surface area contributed by atoms with Gasteiger partial charge in [-0.25, -0.2) is 8.42 Å². The average Bonchev–Trinajstić information content (AvgIpc) is 2.76. The second-order valence-corrected chi connectivity index (χ2v) is 9.45. The van der Waals surface area contributed by atoms with Crippen molar-refractivity contribution in [1.29, 1.82) is 0 Å². The lowest BCUT2D eigenvalue weighted by Crippen LogP contribution is -2.17. The van der Waals surface area contributed by atoms with E-state index in [1.807, 2.05) is 12.1 Å². The number of hydrogen-bond donors (Lipinski definition) is 2. The molecule has 0 aliphatic rings. The van der Waals surface area contributed by atoms with Crippen LogP contribution in [0.3, 0.4) is 0 Å². The van der Waals surface area contributed by atoms with Crippen LogP contribution in [-0.2, 0) is 20.6 Å². The molecule has 31 heavy (non-hydrogen) atoms. The van der Waals surface area contributed by atoms with Gasteiger partial charge in [-0.1, -0.05) is 17.7 Å². The number of halogens is 1. The van der Waals surface area contributed by atoms with Crippen molar-refractivity contribution in [3.05, 3.63) is 77.6 Å². The van der Waals surface area contributed by atoms with E-state index < -0.39 is 10.0 Å². The molecule has 2 aromatic carbocycles. The van der Waals surface area contributed by atoms with Crippen molar-refractivity contribution in [1.82, 2.24) is 4.98 Å². The van der Waals surface area contributed by atoms with Crippen LogP contribution in [0.25, 0.3) is 0 Å². The number of anilines is 2. The van der Waals surface area contributed by atoms with Crippen LogP contribution in [0.15, 0.2) is 71.9 Å². The molecular formula is C21H20ClN3O4S2. The molecule has 1 aromatic heterocycles. The molecule has 3 rings (SSSR count). The first-order valence-corrected chi connectivity index (χ1v) is 12.1. The molecule has 0 aliphatic heterocycles. The maximum absolute atomic E-state index is 12.9. The third-order valence-electron chi connectivity index (χ3n) is 4.06. The van der Waals surface area contributed by atoms with Gasteiger partial charge in [0.2, 0.25) is 5.91 Å². The summed E-state index contributed by atoms with van der Waals surface area (Å²) >= 11 is 7.28. The van der Waals surface area contributed by atoms with Crippen molar-refractivity contribution in [3.63, 3.8) is 0 Å². The Kier molecular flexibility index (Phi) is 7.78. The molecule has 10 heteroatoms. The van der Waals surface area contributed by atoms with Crippen molar-refractivity contribution in [2.45, 2.75) is 10.6 Å². The monoisotopic (exact) mass is 477 g/mol. The number of rotatable bonds is 9. The van der Waals surface area contributed by atoms with Crippen LogP contribution in [0, 0.1) is 0 Å². The predicted molar refractivity (Wildman–Crippen MR) is 124 cm³/mol. The van der Waals surface area contributed by atoms with Crippen molar-refractivity contribution >= 4 is 50.7 Å². The van der Waals surface area contributed by atoms with E-state index in [0.717, 1.165) is 5.56 Å². The van der Waals surface area contributed by atoms with Crippen LogP contribution in [0.2, 0.25) is 5.02 Å². The van der Waals surface area contributed by atoms with Gasteiger partial charge in [-0.05, 0) is 54.1 Å². The number of pyridine rings is 1. The Morgan fingerprint density at radius 3 is 2.55 bits per heavy atom. The van der Waals surface area contributed by atoms with E-state index in [9.17, 15) is 13.2 Å². The molecule has 7 nitrogen and oxygen atoms in total. The van der Waals surface area contributed by atoms with E-state index >= 15 is 0 Å². The minimum absolute atomic E-state index is 0.0919. The number of sulfonamides is 1. The Bertz CT molecular complexity index is 1140. The molecule has 0 radical (unpaired) electrons. The van der Waals surface area contributed by atoms with Crippen LogP contribution in [0.4, 0.5) is 11.4 Å². The molecule has 3 aromatic rings. The molecule has 0 atom stereocenters. The Labute approximate surface area is 190 Å². The molecule has 0 fully saturated rings. The minimum Gasteiger partial charge on any atom is -0.495 e. The Balaban J connectivity index is 1.69. The number of hydrogen-bond acceptors (Lipinski definition) is 6. The van der Waals surface area contributed by atoms with Crippen LogP contribution in [-0.4, -0.2) is 32.2 Å². The van der Waals surface area contributed by atoms with Crippen molar-refractivity contribution < 1.29 is 17.9 Å². The topological polar surface area (TPSA) is 97.4 Å². The van der Waals surface area contributed by atoms with Gasteiger partial charge in [0.15, 0.2) is 0 Å². The highest BCUT2D eigenvalue weighted by Crippen LogP contribution is 2.29. The van der Waals surface area contributed by atoms with Crippen LogP contribution >= 0.6 is 23.4 Å². The standard InChI is InChI=1S/C21H20ClN3O4S2/c1-29-19-9-8-18(24-21(26)14-30-13-15-3-2-10-23-12-15)11-20(19)31(27,28)25-17-6-4-16(22)5-7-17/h2-12,25H,13-14H2,1H3,(H,24,26). The average molecular weight is 478 g/mol. The number of methoxy groups -OCH3 is 1. The van der Waals surface area contributed by atoms with Crippen LogP contribution in [0.1, 0.15) is 5.56 Å². The number of amides is 1. The van der Waals surface area contributed by atoms with E-state index in [0.29, 0.717) is 22.2 Å². The zero-order valence-corrected chi connectivity index (χ0v) is 18.9. The molecule has 0 spiro atoms. The summed E-state index contributed by atoms with van der Waals surface area (Å²) in [5, 5.41) is 3.21. The summed E-state index contributed by atoms with van der Waals surface area (Å²) in [6, 6.07) is 14.5. The van der Waals surface area contributed by atoms with Gasteiger partial charge in [0.05, 0.1) is 12.9 Å². The van der Waals surface area contributed by atoms with Crippen molar-refractivity contribution in [3.8, 4) is 5.75 Å². The fourth-order valence-corrected chi connectivity index (χ4v) is 4.78. The number of ether oxygens (including phenoxy) is 1. The third kappa shape index (κ3) is 6.61. The number of nitrogens with one attached hydrogen (secondary N) is 2.